The summed E-state index contributed by atoms with van der Waals surface area (Å²) in [5, 5.41) is 2.62. The monoisotopic (exact) mass is 330 g/mol. The summed E-state index contributed by atoms with van der Waals surface area (Å²) in [6, 6.07) is 2.63. The van der Waals surface area contributed by atoms with Gasteiger partial charge in [0.1, 0.15) is 6.61 Å². The van der Waals surface area contributed by atoms with Crippen molar-refractivity contribution in [3.05, 3.63) is 27.7 Å². The zero-order valence-electron chi connectivity index (χ0n) is 10.1. The van der Waals surface area contributed by atoms with Crippen molar-refractivity contribution in [3.63, 3.8) is 0 Å². The fourth-order valence-corrected chi connectivity index (χ4v) is 1.60. The van der Waals surface area contributed by atoms with Gasteiger partial charge in [-0.05, 0) is 12.1 Å². The quantitative estimate of drug-likeness (QED) is 0.644. The van der Waals surface area contributed by atoms with E-state index < -0.39 is 18.7 Å². The van der Waals surface area contributed by atoms with Gasteiger partial charge < -0.3 is 15.8 Å². The minimum atomic E-state index is -4.39. The van der Waals surface area contributed by atoms with Crippen molar-refractivity contribution in [3.8, 4) is 0 Å². The summed E-state index contributed by atoms with van der Waals surface area (Å²) in [5.41, 5.74) is 5.83. The zero-order valence-corrected chi connectivity index (χ0v) is 11.6. The number of rotatable bonds is 5. The van der Waals surface area contributed by atoms with E-state index in [0.717, 1.165) is 0 Å². The van der Waals surface area contributed by atoms with E-state index in [4.69, 9.17) is 28.9 Å². The van der Waals surface area contributed by atoms with Crippen molar-refractivity contribution in [2.45, 2.75) is 6.18 Å². The van der Waals surface area contributed by atoms with Gasteiger partial charge in [-0.15, -0.1) is 0 Å². The molecule has 0 spiro atoms. The van der Waals surface area contributed by atoms with Crippen molar-refractivity contribution in [1.82, 2.24) is 5.32 Å². The predicted octanol–water partition coefficient (Wildman–Crippen LogP) is 2.88. The normalized spacial score (nSPS) is 11.4. The summed E-state index contributed by atoms with van der Waals surface area (Å²) in [5.74, 6) is -0.536. The molecule has 0 unspecified atom stereocenters. The second-order valence-electron chi connectivity index (χ2n) is 3.78. The number of nitrogens with two attached hydrogens (primary N) is 1. The number of anilines is 1. The lowest BCUT2D eigenvalue weighted by Gasteiger charge is -2.09. The third-order valence-corrected chi connectivity index (χ3v) is 2.93. The van der Waals surface area contributed by atoms with Crippen molar-refractivity contribution in [2.75, 3.05) is 25.5 Å². The Kier molecular flexibility index (Phi) is 5.91. The highest BCUT2D eigenvalue weighted by molar-refractivity contribution is 6.43. The fourth-order valence-electron chi connectivity index (χ4n) is 1.27. The van der Waals surface area contributed by atoms with Gasteiger partial charge in [0.2, 0.25) is 0 Å². The second-order valence-corrected chi connectivity index (χ2v) is 4.57. The first kappa shape index (κ1) is 16.9. The van der Waals surface area contributed by atoms with Gasteiger partial charge in [0, 0.05) is 12.1 Å². The predicted molar refractivity (Wildman–Crippen MR) is 70.1 cm³/mol. The van der Waals surface area contributed by atoms with Gasteiger partial charge in [-0.2, -0.15) is 13.2 Å². The van der Waals surface area contributed by atoms with E-state index in [2.05, 4.69) is 10.1 Å². The van der Waals surface area contributed by atoms with Crippen LogP contribution in [0.25, 0.3) is 0 Å². The van der Waals surface area contributed by atoms with E-state index >= 15 is 0 Å². The van der Waals surface area contributed by atoms with E-state index in [1.165, 1.54) is 12.1 Å². The topological polar surface area (TPSA) is 64.4 Å². The molecule has 0 saturated heterocycles. The van der Waals surface area contributed by atoms with Crippen LogP contribution in [0.5, 0.6) is 0 Å². The van der Waals surface area contributed by atoms with Gasteiger partial charge in [0.15, 0.2) is 0 Å². The molecule has 3 N–H and O–H groups in total. The lowest BCUT2D eigenvalue weighted by Crippen LogP contribution is -2.29. The van der Waals surface area contributed by atoms with Crippen LogP contribution in [-0.2, 0) is 4.74 Å². The number of halogens is 5. The molecule has 0 radical (unpaired) electrons. The van der Waals surface area contributed by atoms with Gasteiger partial charge in [0.25, 0.3) is 5.91 Å². The van der Waals surface area contributed by atoms with Gasteiger partial charge in [-0.1, -0.05) is 23.2 Å². The molecule has 20 heavy (non-hydrogen) atoms. The molecule has 0 aromatic heterocycles. The number of hydrogen-bond acceptors (Lipinski definition) is 3. The summed E-state index contributed by atoms with van der Waals surface area (Å²) in [6.45, 7) is -1.69. The Morgan fingerprint density at radius 2 is 2.00 bits per heavy atom. The van der Waals surface area contributed by atoms with Crippen molar-refractivity contribution in [1.29, 1.82) is 0 Å². The minimum absolute atomic E-state index is 0.0743. The molecule has 1 amide bonds. The van der Waals surface area contributed by atoms with Crippen LogP contribution >= 0.6 is 23.2 Å². The SMILES string of the molecule is Nc1cc(C(=O)NCCOCC(F)(F)F)cc(Cl)c1Cl. The van der Waals surface area contributed by atoms with E-state index in [-0.39, 0.29) is 34.4 Å². The van der Waals surface area contributed by atoms with Crippen LogP contribution in [0.15, 0.2) is 12.1 Å². The van der Waals surface area contributed by atoms with Crippen molar-refractivity contribution >= 4 is 34.8 Å². The summed E-state index contributed by atoms with van der Waals surface area (Å²) in [6.07, 6.45) is -4.39. The van der Waals surface area contributed by atoms with E-state index in [0.29, 0.717) is 0 Å². The Morgan fingerprint density at radius 1 is 1.35 bits per heavy atom. The second kappa shape index (κ2) is 7.01. The average Bonchev–Trinajstić information content (AvgIpc) is 2.33. The smallest absolute Gasteiger partial charge is 0.397 e. The van der Waals surface area contributed by atoms with Gasteiger partial charge in [-0.3, -0.25) is 4.79 Å². The molecule has 0 bridgehead atoms. The number of hydrogen-bond donors (Lipinski definition) is 2. The summed E-state index contributed by atoms with van der Waals surface area (Å²) < 4.78 is 39.7. The van der Waals surface area contributed by atoms with E-state index in [9.17, 15) is 18.0 Å². The molecule has 0 aliphatic rings. The molecule has 0 aliphatic carbocycles. The number of amides is 1. The van der Waals surface area contributed by atoms with E-state index in [1.54, 1.807) is 0 Å². The molecule has 0 fully saturated rings. The minimum Gasteiger partial charge on any atom is -0.397 e. The lowest BCUT2D eigenvalue weighted by molar-refractivity contribution is -0.173. The summed E-state index contributed by atoms with van der Waals surface area (Å²) >= 11 is 11.5. The Hall–Kier alpha value is -1.18. The number of ether oxygens (including phenoxy) is 1. The Labute approximate surface area is 123 Å². The highest BCUT2D eigenvalue weighted by Gasteiger charge is 2.27. The molecule has 0 aliphatic heterocycles. The lowest BCUT2D eigenvalue weighted by atomic mass is 10.2. The van der Waals surface area contributed by atoms with Crippen LogP contribution in [-0.4, -0.2) is 31.8 Å². The van der Waals surface area contributed by atoms with Crippen LogP contribution in [0.1, 0.15) is 10.4 Å². The molecule has 112 valence electrons. The third-order valence-electron chi connectivity index (χ3n) is 2.12. The summed E-state index contributed by atoms with van der Waals surface area (Å²) in [4.78, 5) is 11.7. The molecule has 1 aromatic carbocycles. The van der Waals surface area contributed by atoms with Gasteiger partial charge >= 0.3 is 6.18 Å². The molecular formula is C11H11Cl2F3N2O2. The maximum absolute atomic E-state index is 11.8. The van der Waals surface area contributed by atoms with Gasteiger partial charge in [0.05, 0.1) is 22.3 Å². The first-order valence-corrected chi connectivity index (χ1v) is 6.13. The molecule has 0 atom stereocenters. The molecule has 9 heteroatoms. The van der Waals surface area contributed by atoms with E-state index in [1.807, 2.05) is 0 Å². The number of nitrogens with one attached hydrogen (secondary N) is 1. The van der Waals surface area contributed by atoms with Crippen LogP contribution < -0.4 is 11.1 Å². The Balaban J connectivity index is 2.44. The molecule has 4 nitrogen and oxygen atoms in total. The van der Waals surface area contributed by atoms with Crippen molar-refractivity contribution in [2.24, 2.45) is 0 Å². The van der Waals surface area contributed by atoms with Crippen LogP contribution in [0.4, 0.5) is 18.9 Å². The van der Waals surface area contributed by atoms with Crippen LogP contribution in [0.2, 0.25) is 10.0 Å². The maximum atomic E-state index is 11.8. The molecule has 1 rings (SSSR count). The fraction of sp³-hybridized carbons (Fsp3) is 0.364. The highest BCUT2D eigenvalue weighted by Crippen LogP contribution is 2.29. The Morgan fingerprint density at radius 3 is 2.55 bits per heavy atom. The van der Waals surface area contributed by atoms with Crippen LogP contribution in [0, 0.1) is 0 Å². The van der Waals surface area contributed by atoms with Gasteiger partial charge in [-0.25, -0.2) is 0 Å². The number of nitrogen functional groups attached to an aromatic ring is 1. The number of alkyl halides is 3. The maximum Gasteiger partial charge on any atom is 0.411 e. The van der Waals surface area contributed by atoms with Crippen LogP contribution in [0.3, 0.4) is 0 Å². The molecule has 1 aromatic rings. The third kappa shape index (κ3) is 5.44. The number of benzene rings is 1. The van der Waals surface area contributed by atoms with Crippen molar-refractivity contribution < 1.29 is 22.7 Å². The standard InChI is InChI=1S/C11H11Cl2F3N2O2/c12-7-3-6(4-8(17)9(7)13)10(19)18-1-2-20-5-11(14,15)16/h3-4H,1-2,5,17H2,(H,18,19). The molecule has 0 heterocycles. The zero-order chi connectivity index (χ0) is 15.3. The summed E-state index contributed by atoms with van der Waals surface area (Å²) in [7, 11) is 0. The average molecular weight is 331 g/mol. The number of carbonyl (C=O) groups is 1. The number of carbonyl (C=O) groups excluding carboxylic acids is 1. The largest absolute Gasteiger partial charge is 0.411 e. The Bertz CT molecular complexity index is 472. The molecular weight excluding hydrogens is 320 g/mol. The highest BCUT2D eigenvalue weighted by atomic mass is 35.5. The first-order chi connectivity index (χ1) is 9.20. The first-order valence-electron chi connectivity index (χ1n) is 5.38. The molecule has 0 saturated carbocycles.